The molecule has 0 radical (unpaired) electrons. The Hall–Kier alpha value is -1.50. The van der Waals surface area contributed by atoms with Gasteiger partial charge in [-0.05, 0) is 18.7 Å². The lowest BCUT2D eigenvalue weighted by molar-refractivity contribution is -0.241. The first-order valence-corrected chi connectivity index (χ1v) is 5.12. The highest BCUT2D eigenvalue weighted by atomic mass is 19.4. The zero-order valence-corrected chi connectivity index (χ0v) is 8.92. The minimum absolute atomic E-state index is 0.100. The van der Waals surface area contributed by atoms with Gasteiger partial charge in [-0.1, -0.05) is 0 Å². The first-order valence-electron chi connectivity index (χ1n) is 5.12. The van der Waals surface area contributed by atoms with Gasteiger partial charge in [0.25, 0.3) is 0 Å². The minimum atomic E-state index is -4.46. The topological polar surface area (TPSA) is 60.2 Å². The van der Waals surface area contributed by atoms with Gasteiger partial charge >= 0.3 is 6.18 Å². The summed E-state index contributed by atoms with van der Waals surface area (Å²) < 4.78 is 44.0. The van der Waals surface area contributed by atoms with Gasteiger partial charge in [-0.2, -0.15) is 13.2 Å². The molecule has 94 valence electrons. The molecule has 1 aliphatic rings. The number of hydrogen-bond donors (Lipinski definition) is 2. The van der Waals surface area contributed by atoms with E-state index in [-0.39, 0.29) is 31.1 Å². The summed E-state index contributed by atoms with van der Waals surface area (Å²) >= 11 is 0. The lowest BCUT2D eigenvalue weighted by Gasteiger charge is -2.31. The molecule has 3 N–H and O–H groups in total. The van der Waals surface area contributed by atoms with Crippen LogP contribution in [0.5, 0.6) is 5.88 Å². The van der Waals surface area contributed by atoms with Gasteiger partial charge in [0, 0.05) is 19.2 Å². The summed E-state index contributed by atoms with van der Waals surface area (Å²) in [5, 5.41) is 2.65. The molecule has 0 aliphatic carbocycles. The molecule has 0 aromatic carbocycles. The second-order valence-electron chi connectivity index (χ2n) is 3.92. The molecule has 2 rings (SSSR count). The highest BCUT2D eigenvalue weighted by molar-refractivity contribution is 5.47. The van der Waals surface area contributed by atoms with Crippen molar-refractivity contribution in [2.45, 2.75) is 18.2 Å². The molecule has 1 aromatic heterocycles. The largest absolute Gasteiger partial charge is 0.458 e. The van der Waals surface area contributed by atoms with Gasteiger partial charge in [0.05, 0.1) is 5.69 Å². The van der Waals surface area contributed by atoms with E-state index in [1.165, 1.54) is 18.3 Å². The fourth-order valence-electron chi connectivity index (χ4n) is 1.73. The Morgan fingerprint density at radius 2 is 2.24 bits per heavy atom. The average Bonchev–Trinajstić information content (AvgIpc) is 2.70. The summed E-state index contributed by atoms with van der Waals surface area (Å²) in [5.74, 6) is -0.173. The Kier molecular flexibility index (Phi) is 2.86. The molecule has 0 saturated carbocycles. The first kappa shape index (κ1) is 12.0. The predicted octanol–water partition coefficient (Wildman–Crippen LogP) is 1.34. The second-order valence-corrected chi connectivity index (χ2v) is 3.92. The van der Waals surface area contributed by atoms with Crippen LogP contribution in [0.1, 0.15) is 6.42 Å². The van der Waals surface area contributed by atoms with Gasteiger partial charge in [-0.25, -0.2) is 4.98 Å². The molecule has 1 unspecified atom stereocenters. The molecule has 1 aliphatic heterocycles. The van der Waals surface area contributed by atoms with Crippen molar-refractivity contribution in [1.29, 1.82) is 0 Å². The zero-order valence-electron chi connectivity index (χ0n) is 8.92. The maximum atomic E-state index is 13.0. The highest BCUT2D eigenvalue weighted by Crippen LogP contribution is 2.39. The maximum absolute atomic E-state index is 13.0. The van der Waals surface area contributed by atoms with Crippen LogP contribution in [-0.4, -0.2) is 29.9 Å². The van der Waals surface area contributed by atoms with Crippen LogP contribution >= 0.6 is 0 Å². The molecule has 4 nitrogen and oxygen atoms in total. The number of aromatic nitrogens is 1. The highest BCUT2D eigenvalue weighted by Gasteiger charge is 2.59. The van der Waals surface area contributed by atoms with E-state index < -0.39 is 11.8 Å². The van der Waals surface area contributed by atoms with Gasteiger partial charge in [0.1, 0.15) is 0 Å². The van der Waals surface area contributed by atoms with Crippen molar-refractivity contribution in [2.75, 3.05) is 18.8 Å². The lowest BCUT2D eigenvalue weighted by Crippen LogP contribution is -2.52. The van der Waals surface area contributed by atoms with Crippen molar-refractivity contribution < 1.29 is 17.9 Å². The second kappa shape index (κ2) is 4.06. The molecule has 1 aromatic rings. The first-order chi connectivity index (χ1) is 7.95. The van der Waals surface area contributed by atoms with E-state index in [9.17, 15) is 13.2 Å². The molecule has 0 spiro atoms. The van der Waals surface area contributed by atoms with Gasteiger partial charge in [-0.15, -0.1) is 0 Å². The third kappa shape index (κ3) is 2.14. The van der Waals surface area contributed by atoms with E-state index in [1.807, 2.05) is 0 Å². The zero-order chi connectivity index (χ0) is 12.5. The molecule has 1 saturated heterocycles. The number of nitrogens with zero attached hydrogens (tertiary/aromatic N) is 1. The average molecular weight is 247 g/mol. The SMILES string of the molecule is Nc1cccnc1OC1(C(F)(F)F)CCNC1. The lowest BCUT2D eigenvalue weighted by atomic mass is 10.0. The van der Waals surface area contributed by atoms with Gasteiger partial charge in [-0.3, -0.25) is 0 Å². The Morgan fingerprint density at radius 1 is 1.47 bits per heavy atom. The van der Waals surface area contributed by atoms with Crippen LogP contribution in [0, 0.1) is 0 Å². The van der Waals surface area contributed by atoms with Crippen molar-refractivity contribution in [1.82, 2.24) is 10.3 Å². The Labute approximate surface area is 96.0 Å². The molecule has 0 amide bonds. The maximum Gasteiger partial charge on any atom is 0.429 e. The van der Waals surface area contributed by atoms with Crippen molar-refractivity contribution in [3.63, 3.8) is 0 Å². The van der Waals surface area contributed by atoms with Crippen molar-refractivity contribution >= 4 is 5.69 Å². The summed E-state index contributed by atoms with van der Waals surface area (Å²) in [7, 11) is 0. The minimum Gasteiger partial charge on any atom is -0.458 e. The monoisotopic (exact) mass is 247 g/mol. The number of ether oxygens (including phenoxy) is 1. The number of hydrogen-bond acceptors (Lipinski definition) is 4. The standard InChI is InChI=1S/C10H12F3N3O/c11-10(12,13)9(3-5-15-6-9)17-8-7(14)2-1-4-16-8/h1-2,4,15H,3,5-6,14H2. The number of pyridine rings is 1. The number of nitrogen functional groups attached to an aromatic ring is 1. The Morgan fingerprint density at radius 3 is 2.76 bits per heavy atom. The number of anilines is 1. The van der Waals surface area contributed by atoms with Crippen molar-refractivity contribution in [3.05, 3.63) is 18.3 Å². The summed E-state index contributed by atoms with van der Waals surface area (Å²) in [6.45, 7) is -0.0290. The van der Waals surface area contributed by atoms with E-state index in [0.29, 0.717) is 0 Å². The van der Waals surface area contributed by atoms with Crippen LogP contribution in [0.2, 0.25) is 0 Å². The summed E-state index contributed by atoms with van der Waals surface area (Å²) in [4.78, 5) is 3.73. The van der Waals surface area contributed by atoms with Gasteiger partial charge in [0.2, 0.25) is 11.5 Å². The molecular weight excluding hydrogens is 235 g/mol. The molecule has 1 fully saturated rings. The molecule has 1 atom stereocenters. The summed E-state index contributed by atoms with van der Waals surface area (Å²) in [5.41, 5.74) is 3.40. The fraction of sp³-hybridized carbons (Fsp3) is 0.500. The predicted molar refractivity (Wildman–Crippen MR) is 55.6 cm³/mol. The summed E-state index contributed by atoms with van der Waals surface area (Å²) in [6, 6.07) is 2.99. The molecule has 7 heteroatoms. The third-order valence-electron chi connectivity index (χ3n) is 2.73. The normalized spacial score (nSPS) is 24.9. The molecule has 17 heavy (non-hydrogen) atoms. The molecular formula is C10H12F3N3O. The van der Waals surface area contributed by atoms with Crippen LogP contribution < -0.4 is 15.8 Å². The molecule has 2 heterocycles. The fourth-order valence-corrected chi connectivity index (χ4v) is 1.73. The summed E-state index contributed by atoms with van der Waals surface area (Å²) in [6.07, 6.45) is -3.26. The molecule has 0 bridgehead atoms. The van der Waals surface area contributed by atoms with Crippen molar-refractivity contribution in [3.8, 4) is 5.88 Å². The number of halogens is 3. The van der Waals surface area contributed by atoms with Crippen LogP contribution in [-0.2, 0) is 0 Å². The van der Waals surface area contributed by atoms with Crippen LogP contribution in [0.3, 0.4) is 0 Å². The Bertz CT molecular complexity index is 402. The van der Waals surface area contributed by atoms with Crippen molar-refractivity contribution in [2.24, 2.45) is 0 Å². The van der Waals surface area contributed by atoms with E-state index >= 15 is 0 Å². The smallest absolute Gasteiger partial charge is 0.429 e. The number of alkyl halides is 3. The van der Waals surface area contributed by atoms with E-state index in [0.717, 1.165) is 0 Å². The third-order valence-corrected chi connectivity index (χ3v) is 2.73. The van der Waals surface area contributed by atoms with E-state index in [1.54, 1.807) is 0 Å². The van der Waals surface area contributed by atoms with Gasteiger partial charge < -0.3 is 15.8 Å². The van der Waals surface area contributed by atoms with Crippen LogP contribution in [0.15, 0.2) is 18.3 Å². The number of rotatable bonds is 2. The van der Waals surface area contributed by atoms with Crippen LogP contribution in [0.25, 0.3) is 0 Å². The van der Waals surface area contributed by atoms with Gasteiger partial charge in [0.15, 0.2) is 0 Å². The Balaban J connectivity index is 2.28. The number of nitrogens with one attached hydrogen (secondary N) is 1. The van der Waals surface area contributed by atoms with E-state index in [4.69, 9.17) is 10.5 Å². The number of nitrogens with two attached hydrogens (primary N) is 1. The van der Waals surface area contributed by atoms with E-state index in [2.05, 4.69) is 10.3 Å². The van der Waals surface area contributed by atoms with Crippen LogP contribution in [0.4, 0.5) is 18.9 Å². The quantitative estimate of drug-likeness (QED) is 0.827.